The van der Waals surface area contributed by atoms with E-state index < -0.39 is 0 Å². The van der Waals surface area contributed by atoms with Crippen LogP contribution in [0.25, 0.3) is 86.3 Å². The SMILES string of the molecule is c1cc(-c2ccc3c(c2)sc2ccccc23)cc(N(c2ccc(-c3ccc4oc5ccccc5c4c3)cc2)c2cccc(-c3cccc4ccccc34)c2)c1. The lowest BCUT2D eigenvalue weighted by Crippen LogP contribution is -2.10. The second-order valence-electron chi connectivity index (χ2n) is 14.1. The fourth-order valence-electron chi connectivity index (χ4n) is 8.18. The average Bonchev–Trinajstić information content (AvgIpc) is 3.82. The zero-order valence-electron chi connectivity index (χ0n) is 29.8. The molecule has 11 rings (SSSR count). The van der Waals surface area contributed by atoms with Gasteiger partial charge >= 0.3 is 0 Å². The molecule has 2 heterocycles. The number of hydrogen-bond acceptors (Lipinski definition) is 3. The smallest absolute Gasteiger partial charge is 0.135 e. The summed E-state index contributed by atoms with van der Waals surface area (Å²) in [5, 5.41) is 7.39. The fraction of sp³-hybridized carbons (Fsp3) is 0. The first-order valence-electron chi connectivity index (χ1n) is 18.7. The van der Waals surface area contributed by atoms with Gasteiger partial charge < -0.3 is 9.32 Å². The number of nitrogens with zero attached hydrogens (tertiary/aromatic N) is 1. The highest BCUT2D eigenvalue weighted by atomic mass is 32.1. The van der Waals surface area contributed by atoms with Crippen LogP contribution in [0.2, 0.25) is 0 Å². The monoisotopic (exact) mass is 719 g/mol. The van der Waals surface area contributed by atoms with Crippen LogP contribution in [0.4, 0.5) is 17.1 Å². The Kier molecular flexibility index (Phi) is 7.39. The van der Waals surface area contributed by atoms with Crippen LogP contribution in [-0.2, 0) is 0 Å². The van der Waals surface area contributed by atoms with Crippen molar-refractivity contribution >= 4 is 81.3 Å². The maximum atomic E-state index is 6.13. The van der Waals surface area contributed by atoms with E-state index in [1.165, 1.54) is 53.2 Å². The minimum atomic E-state index is 0.908. The van der Waals surface area contributed by atoms with Crippen molar-refractivity contribution in [2.75, 3.05) is 4.90 Å². The predicted molar refractivity (Wildman–Crippen MR) is 235 cm³/mol. The van der Waals surface area contributed by atoms with Gasteiger partial charge in [0.2, 0.25) is 0 Å². The molecule has 0 fully saturated rings. The number of para-hydroxylation sites is 1. The minimum absolute atomic E-state index is 0.908. The average molecular weight is 720 g/mol. The molecule has 0 atom stereocenters. The molecule has 55 heavy (non-hydrogen) atoms. The molecule has 0 unspecified atom stereocenters. The van der Waals surface area contributed by atoms with Crippen LogP contribution in [0.5, 0.6) is 0 Å². The highest BCUT2D eigenvalue weighted by Crippen LogP contribution is 2.42. The van der Waals surface area contributed by atoms with E-state index in [-0.39, 0.29) is 0 Å². The second kappa shape index (κ2) is 12.9. The number of furan rings is 1. The van der Waals surface area contributed by atoms with E-state index in [1.807, 2.05) is 23.5 Å². The van der Waals surface area contributed by atoms with Crippen LogP contribution in [-0.4, -0.2) is 0 Å². The van der Waals surface area contributed by atoms with Crippen molar-refractivity contribution in [2.24, 2.45) is 0 Å². The highest BCUT2D eigenvalue weighted by molar-refractivity contribution is 7.25. The lowest BCUT2D eigenvalue weighted by molar-refractivity contribution is 0.669. The first kappa shape index (κ1) is 31.6. The Bertz CT molecular complexity index is 3220. The molecule has 258 valence electrons. The molecule has 2 nitrogen and oxygen atoms in total. The fourth-order valence-corrected chi connectivity index (χ4v) is 9.32. The van der Waals surface area contributed by atoms with Gasteiger partial charge in [-0.25, -0.2) is 0 Å². The van der Waals surface area contributed by atoms with Crippen molar-refractivity contribution in [1.82, 2.24) is 0 Å². The molecule has 0 radical (unpaired) electrons. The van der Waals surface area contributed by atoms with Gasteiger partial charge in [-0.1, -0.05) is 133 Å². The predicted octanol–water partition coefficient (Wildman–Crippen LogP) is 15.6. The third-order valence-electron chi connectivity index (χ3n) is 10.9. The third-order valence-corrected chi connectivity index (χ3v) is 12.0. The zero-order valence-corrected chi connectivity index (χ0v) is 30.6. The van der Waals surface area contributed by atoms with Gasteiger partial charge in [-0.3, -0.25) is 0 Å². The number of anilines is 3. The quantitative estimate of drug-likeness (QED) is 0.170. The summed E-state index contributed by atoms with van der Waals surface area (Å²) in [5.41, 5.74) is 12.2. The standard InChI is InChI=1S/C52H33NOS/c1-2-16-43-35(10-1)11-9-19-44(43)39-13-8-15-42(31-39)53(40-26-22-34(23-27-40)37-25-29-50-48(32-37)45-17-3-5-20-49(45)54-50)41-14-7-12-36(30-41)38-24-28-47-46-18-4-6-21-51(46)55-52(47)33-38/h1-33H. The van der Waals surface area contributed by atoms with Gasteiger partial charge in [-0.15, -0.1) is 11.3 Å². The molecule has 0 aliphatic rings. The Morgan fingerprint density at radius 3 is 1.80 bits per heavy atom. The Morgan fingerprint density at radius 2 is 0.927 bits per heavy atom. The van der Waals surface area contributed by atoms with E-state index >= 15 is 0 Å². The van der Waals surface area contributed by atoms with Gasteiger partial charge in [0.1, 0.15) is 11.2 Å². The molecule has 2 aromatic heterocycles. The summed E-state index contributed by atoms with van der Waals surface area (Å²) in [6.07, 6.45) is 0. The Hall–Kier alpha value is -6.94. The Morgan fingerprint density at radius 1 is 0.327 bits per heavy atom. The molecular weight excluding hydrogens is 687 g/mol. The van der Waals surface area contributed by atoms with Crippen LogP contribution < -0.4 is 4.90 Å². The summed E-state index contributed by atoms with van der Waals surface area (Å²) in [7, 11) is 0. The van der Waals surface area contributed by atoms with Crippen LogP contribution in [0.3, 0.4) is 0 Å². The lowest BCUT2D eigenvalue weighted by Gasteiger charge is -2.27. The molecule has 0 bridgehead atoms. The van der Waals surface area contributed by atoms with E-state index in [9.17, 15) is 0 Å². The van der Waals surface area contributed by atoms with Crippen molar-refractivity contribution in [3.63, 3.8) is 0 Å². The third kappa shape index (κ3) is 5.48. The molecule has 0 saturated heterocycles. The van der Waals surface area contributed by atoms with Crippen molar-refractivity contribution in [3.05, 3.63) is 200 Å². The summed E-state index contributed by atoms with van der Waals surface area (Å²) in [6.45, 7) is 0. The van der Waals surface area contributed by atoms with E-state index in [2.05, 4.69) is 193 Å². The summed E-state index contributed by atoms with van der Waals surface area (Å²) < 4.78 is 8.76. The number of hydrogen-bond donors (Lipinski definition) is 0. The van der Waals surface area contributed by atoms with Gasteiger partial charge in [0.05, 0.1) is 0 Å². The van der Waals surface area contributed by atoms with E-state index in [4.69, 9.17) is 4.42 Å². The Labute approximate surface area is 322 Å². The molecule has 0 spiro atoms. The molecule has 0 saturated carbocycles. The first-order chi connectivity index (χ1) is 27.2. The van der Waals surface area contributed by atoms with Crippen LogP contribution >= 0.6 is 11.3 Å². The molecular formula is C52H33NOS. The molecule has 0 N–H and O–H groups in total. The largest absolute Gasteiger partial charge is 0.456 e. The highest BCUT2D eigenvalue weighted by Gasteiger charge is 2.17. The molecule has 0 aliphatic carbocycles. The van der Waals surface area contributed by atoms with Crippen molar-refractivity contribution in [1.29, 1.82) is 0 Å². The molecule has 9 aromatic carbocycles. The van der Waals surface area contributed by atoms with Crippen molar-refractivity contribution in [2.45, 2.75) is 0 Å². The number of thiophene rings is 1. The van der Waals surface area contributed by atoms with Gasteiger partial charge in [0.25, 0.3) is 0 Å². The number of benzene rings is 9. The summed E-state index contributed by atoms with van der Waals surface area (Å²) in [5.74, 6) is 0. The lowest BCUT2D eigenvalue weighted by atomic mass is 9.97. The maximum absolute atomic E-state index is 6.13. The van der Waals surface area contributed by atoms with Gasteiger partial charge in [-0.2, -0.15) is 0 Å². The molecule has 0 aliphatic heterocycles. The van der Waals surface area contributed by atoms with E-state index in [0.717, 1.165) is 50.1 Å². The normalized spacial score (nSPS) is 11.6. The van der Waals surface area contributed by atoms with E-state index in [1.54, 1.807) is 0 Å². The van der Waals surface area contributed by atoms with Crippen molar-refractivity contribution in [3.8, 4) is 33.4 Å². The Balaban J connectivity index is 1.03. The second-order valence-corrected chi connectivity index (χ2v) is 15.2. The van der Waals surface area contributed by atoms with Crippen molar-refractivity contribution < 1.29 is 4.42 Å². The van der Waals surface area contributed by atoms with E-state index in [0.29, 0.717) is 0 Å². The van der Waals surface area contributed by atoms with Crippen LogP contribution in [0.15, 0.2) is 205 Å². The first-order valence-corrected chi connectivity index (χ1v) is 19.5. The summed E-state index contributed by atoms with van der Waals surface area (Å²) >= 11 is 1.86. The molecule has 3 heteroatoms. The van der Waals surface area contributed by atoms with Gasteiger partial charge in [0, 0.05) is 48.0 Å². The van der Waals surface area contributed by atoms with Gasteiger partial charge in [-0.05, 0) is 111 Å². The topological polar surface area (TPSA) is 16.4 Å². The zero-order chi connectivity index (χ0) is 36.3. The number of rotatable bonds is 6. The summed E-state index contributed by atoms with van der Waals surface area (Å²) in [4.78, 5) is 2.38. The van der Waals surface area contributed by atoms with Crippen LogP contribution in [0.1, 0.15) is 0 Å². The van der Waals surface area contributed by atoms with Gasteiger partial charge in [0.15, 0.2) is 0 Å². The molecule has 11 aromatic rings. The minimum Gasteiger partial charge on any atom is -0.456 e. The maximum Gasteiger partial charge on any atom is 0.135 e. The summed E-state index contributed by atoms with van der Waals surface area (Å²) in [6, 6.07) is 72.4. The molecule has 0 amide bonds. The number of fused-ring (bicyclic) bond motifs is 7. The van der Waals surface area contributed by atoms with Crippen LogP contribution in [0, 0.1) is 0 Å².